The third-order valence-corrected chi connectivity index (χ3v) is 3.21. The topological polar surface area (TPSA) is 61.8 Å². The van der Waals surface area contributed by atoms with E-state index in [0.717, 1.165) is 7.11 Å². The Hall–Kier alpha value is 0.120. The molecule has 0 rings (SSSR count). The molecule has 2 atom stereocenters. The molecule has 0 aromatic rings. The van der Waals surface area contributed by atoms with Crippen molar-refractivity contribution in [3.05, 3.63) is 0 Å². The van der Waals surface area contributed by atoms with Crippen LogP contribution in [0.2, 0.25) is 0 Å². The van der Waals surface area contributed by atoms with Crippen molar-refractivity contribution in [2.24, 2.45) is 0 Å². The fourth-order valence-electron chi connectivity index (χ4n) is 0.605. The smallest absolute Gasteiger partial charge is 0.419 e. The molecule has 0 aliphatic rings. The monoisotopic (exact) mass is 266 g/mol. The summed E-state index contributed by atoms with van der Waals surface area (Å²) in [5, 5.41) is -1.13. The van der Waals surface area contributed by atoms with Gasteiger partial charge in [-0.15, -0.1) is 0 Å². The van der Waals surface area contributed by atoms with Gasteiger partial charge < -0.3 is 4.74 Å². The Morgan fingerprint density at radius 1 is 1.21 bits per heavy atom. The van der Waals surface area contributed by atoms with E-state index in [0.29, 0.717) is 0 Å². The summed E-state index contributed by atoms with van der Waals surface area (Å²) in [5.41, 5.74) is -1.90. The van der Waals surface area contributed by atoms with E-state index in [9.17, 15) is 9.00 Å². The molecule has 0 aromatic heterocycles. The first-order valence-electron chi connectivity index (χ1n) is 3.65. The number of hydrogen-bond acceptors (Lipinski definition) is 5. The molecule has 86 valence electrons. The van der Waals surface area contributed by atoms with Crippen LogP contribution in [0.3, 0.4) is 0 Å². The van der Waals surface area contributed by atoms with Gasteiger partial charge in [0, 0.05) is 0 Å². The number of hydrogen-bond donors (Lipinski definition) is 1. The van der Waals surface area contributed by atoms with Crippen molar-refractivity contribution in [2.45, 2.75) is 25.0 Å². The lowest BCUT2D eigenvalue weighted by Gasteiger charge is -2.23. The number of halogens is 2. The second-order valence-electron chi connectivity index (χ2n) is 2.26. The van der Waals surface area contributed by atoms with Crippen molar-refractivity contribution in [1.82, 2.24) is 0 Å². The highest BCUT2D eigenvalue weighted by Gasteiger charge is 2.30. The number of thiol groups is 1. The first-order chi connectivity index (χ1) is 6.31. The molecule has 8 heteroatoms. The largest absolute Gasteiger partial charge is 0.458 e. The van der Waals surface area contributed by atoms with Crippen LogP contribution in [0.1, 0.15) is 13.8 Å². The summed E-state index contributed by atoms with van der Waals surface area (Å²) in [7, 11) is -2.99. The second-order valence-corrected chi connectivity index (χ2v) is 5.28. The number of rotatable bonds is 4. The summed E-state index contributed by atoms with van der Waals surface area (Å²) in [6.45, 7) is 2.78. The molecule has 0 aromatic carbocycles. The van der Waals surface area contributed by atoms with Gasteiger partial charge in [0.25, 0.3) is 0 Å². The lowest BCUT2D eigenvalue weighted by Crippen LogP contribution is -2.32. The minimum atomic E-state index is -4.05. The minimum Gasteiger partial charge on any atom is -0.458 e. The van der Waals surface area contributed by atoms with Crippen molar-refractivity contribution in [1.29, 1.82) is 0 Å². The van der Waals surface area contributed by atoms with Crippen molar-refractivity contribution in [3.63, 3.8) is 0 Å². The minimum absolute atomic E-state index is 0.949. The third kappa shape index (κ3) is 4.56. The molecular formula is C6H12Cl2O5S. The quantitative estimate of drug-likeness (QED) is 0.478. The molecule has 0 radical (unpaired) electrons. The highest BCUT2D eigenvalue weighted by atomic mass is 35.5. The van der Waals surface area contributed by atoms with Gasteiger partial charge >= 0.3 is 5.30 Å². The fraction of sp³-hybridized carbons (Fsp3) is 0.833. The molecule has 14 heavy (non-hydrogen) atoms. The van der Waals surface area contributed by atoms with Crippen molar-refractivity contribution in [3.8, 4) is 0 Å². The lowest BCUT2D eigenvalue weighted by atomic mass is 10.9. The van der Waals surface area contributed by atoms with Gasteiger partial charge in [-0.3, -0.25) is 8.37 Å². The van der Waals surface area contributed by atoms with Crippen LogP contribution in [0.4, 0.5) is 4.79 Å². The van der Waals surface area contributed by atoms with E-state index in [2.05, 4.69) is 13.1 Å². The Morgan fingerprint density at radius 2 is 1.57 bits per heavy atom. The average molecular weight is 267 g/mol. The molecule has 0 saturated carbocycles. The van der Waals surface area contributed by atoms with Gasteiger partial charge in [0.05, 0.1) is 7.11 Å². The number of methoxy groups -OCH3 is 1. The Morgan fingerprint density at radius 3 is 1.79 bits per heavy atom. The first-order valence-corrected chi connectivity index (χ1v) is 6.07. The summed E-state index contributed by atoms with van der Waals surface area (Å²) in [6, 6.07) is 0. The van der Waals surface area contributed by atoms with Crippen molar-refractivity contribution >= 4 is 39.0 Å². The molecular weight excluding hydrogens is 255 g/mol. The van der Waals surface area contributed by atoms with Crippen LogP contribution in [-0.2, 0) is 23.6 Å². The standard InChI is InChI=1S/C6H12Cl2O5S/c1-4(7)12-14(10,6(9)11-3)13-5(2)8/h4-5,14H,1-3H3/t4-,5-/m1/s1. The summed E-state index contributed by atoms with van der Waals surface area (Å²) in [5.74, 6) is 0. The number of ether oxygens (including phenoxy) is 1. The number of carbonyl (C=O) groups excluding carboxylic acids is 1. The van der Waals surface area contributed by atoms with Crippen LogP contribution in [-0.4, -0.2) is 27.7 Å². The average Bonchev–Trinajstić information content (AvgIpc) is 1.99. The predicted molar refractivity (Wildman–Crippen MR) is 54.7 cm³/mol. The van der Waals surface area contributed by atoms with Crippen LogP contribution < -0.4 is 0 Å². The highest BCUT2D eigenvalue weighted by Crippen LogP contribution is 2.20. The van der Waals surface area contributed by atoms with Gasteiger partial charge in [0.15, 0.2) is 10.5 Å². The summed E-state index contributed by atoms with van der Waals surface area (Å²) < 4.78 is 25.2. The van der Waals surface area contributed by atoms with Crippen LogP contribution >= 0.6 is 23.2 Å². The SMILES string of the molecule is COC(=O)[SH](=O)(O[C@H](C)Cl)O[C@H](C)Cl. The fourth-order valence-corrected chi connectivity index (χ4v) is 2.44. The van der Waals surface area contributed by atoms with Crippen LogP contribution in [0, 0.1) is 0 Å². The normalized spacial score (nSPS) is 17.2. The Balaban J connectivity index is 4.67. The Bertz CT molecular complexity index is 228. The van der Waals surface area contributed by atoms with Crippen LogP contribution in [0.15, 0.2) is 0 Å². The second kappa shape index (κ2) is 5.87. The van der Waals surface area contributed by atoms with E-state index in [4.69, 9.17) is 23.2 Å². The molecule has 0 saturated heterocycles. The molecule has 0 aliphatic heterocycles. The van der Waals surface area contributed by atoms with Gasteiger partial charge in [0.2, 0.25) is 0 Å². The van der Waals surface area contributed by atoms with Crippen LogP contribution in [0.25, 0.3) is 0 Å². The van der Waals surface area contributed by atoms with E-state index >= 15 is 0 Å². The summed E-state index contributed by atoms with van der Waals surface area (Å²) in [6.07, 6.45) is 0. The molecule has 0 bridgehead atoms. The van der Waals surface area contributed by atoms with Gasteiger partial charge in [-0.1, -0.05) is 23.2 Å². The molecule has 0 N–H and O–H groups in total. The molecule has 5 nitrogen and oxygen atoms in total. The number of alkyl halides is 2. The van der Waals surface area contributed by atoms with E-state index < -0.39 is 26.9 Å². The molecule has 0 fully saturated rings. The van der Waals surface area contributed by atoms with E-state index in [1.165, 1.54) is 13.8 Å². The Labute approximate surface area is 93.4 Å². The first kappa shape index (κ1) is 14.1. The maximum Gasteiger partial charge on any atom is 0.419 e. The highest BCUT2D eigenvalue weighted by molar-refractivity contribution is 8.08. The van der Waals surface area contributed by atoms with Gasteiger partial charge in [-0.05, 0) is 13.8 Å². The molecule has 0 aliphatic carbocycles. The lowest BCUT2D eigenvalue weighted by molar-refractivity contribution is 0.168. The summed E-state index contributed by atoms with van der Waals surface area (Å²) in [4.78, 5) is 11.1. The number of carbonyl (C=O) groups is 1. The maximum atomic E-state index is 11.7. The third-order valence-electron chi connectivity index (χ3n) is 0.966. The van der Waals surface area contributed by atoms with Gasteiger partial charge in [-0.2, -0.15) is 0 Å². The van der Waals surface area contributed by atoms with E-state index in [-0.39, 0.29) is 0 Å². The maximum absolute atomic E-state index is 11.7. The van der Waals surface area contributed by atoms with Crippen molar-refractivity contribution < 1.29 is 22.1 Å². The summed E-state index contributed by atoms with van der Waals surface area (Å²) >= 11 is 10.8. The van der Waals surface area contributed by atoms with Crippen molar-refractivity contribution in [2.75, 3.05) is 7.11 Å². The zero-order chi connectivity index (χ0) is 11.4. The predicted octanol–water partition coefficient (Wildman–Crippen LogP) is 1.80. The zero-order valence-electron chi connectivity index (χ0n) is 7.90. The molecule has 0 amide bonds. The van der Waals surface area contributed by atoms with Crippen LogP contribution in [0.5, 0.6) is 0 Å². The van der Waals surface area contributed by atoms with E-state index in [1.807, 2.05) is 0 Å². The molecule has 0 unspecified atom stereocenters. The molecule has 0 heterocycles. The van der Waals surface area contributed by atoms with Gasteiger partial charge in [-0.25, -0.2) is 9.00 Å². The zero-order valence-corrected chi connectivity index (χ0v) is 10.3. The molecule has 0 spiro atoms. The van der Waals surface area contributed by atoms with Gasteiger partial charge in [0.1, 0.15) is 11.1 Å². The van der Waals surface area contributed by atoms with E-state index in [1.54, 1.807) is 0 Å². The Kier molecular flexibility index (Phi) is 5.92.